The summed E-state index contributed by atoms with van der Waals surface area (Å²) in [4.78, 5) is 11.8. The fourth-order valence-electron chi connectivity index (χ4n) is 2.30. The maximum Gasteiger partial charge on any atom is 0.267 e. The van der Waals surface area contributed by atoms with E-state index in [1.165, 1.54) is 16.7 Å². The van der Waals surface area contributed by atoms with Crippen molar-refractivity contribution in [3.8, 4) is 0 Å². The Kier molecular flexibility index (Phi) is 3.41. The number of hydrogen-bond donors (Lipinski definition) is 2. The molecular formula is C15H20N2O. The van der Waals surface area contributed by atoms with Gasteiger partial charge in [-0.25, -0.2) is 0 Å². The lowest BCUT2D eigenvalue weighted by molar-refractivity contribution is 0.799. The van der Waals surface area contributed by atoms with Crippen molar-refractivity contribution >= 4 is 0 Å². The van der Waals surface area contributed by atoms with Gasteiger partial charge >= 0.3 is 0 Å². The molecule has 2 N–H and O–H groups in total. The largest absolute Gasteiger partial charge is 0.302 e. The molecule has 0 radical (unpaired) electrons. The molecule has 0 saturated carbocycles. The fraction of sp³-hybridized carbons (Fsp3) is 0.400. The van der Waals surface area contributed by atoms with Crippen LogP contribution in [0.15, 0.2) is 23.0 Å². The van der Waals surface area contributed by atoms with Gasteiger partial charge in [0.25, 0.3) is 5.56 Å². The molecule has 0 aliphatic carbocycles. The van der Waals surface area contributed by atoms with Gasteiger partial charge < -0.3 is 5.10 Å². The summed E-state index contributed by atoms with van der Waals surface area (Å²) in [7, 11) is 0. The van der Waals surface area contributed by atoms with E-state index in [1.807, 2.05) is 0 Å². The van der Waals surface area contributed by atoms with Gasteiger partial charge in [-0.05, 0) is 30.9 Å². The maximum atomic E-state index is 11.8. The standard InChI is InChI=1S/C15H20N2O/c1-9(2)14-13(15(18)17-16-14)8-12-6-5-10(3)7-11(12)4/h5-7,9H,8H2,1-4H3,(H2,16,17,18). The van der Waals surface area contributed by atoms with Crippen LogP contribution in [0.4, 0.5) is 0 Å². The Labute approximate surface area is 107 Å². The van der Waals surface area contributed by atoms with Crippen molar-refractivity contribution in [3.05, 3.63) is 56.5 Å². The minimum atomic E-state index is -0.00123. The number of aryl methyl sites for hydroxylation is 2. The molecule has 0 saturated heterocycles. The van der Waals surface area contributed by atoms with Crippen LogP contribution in [0, 0.1) is 13.8 Å². The van der Waals surface area contributed by atoms with Crippen LogP contribution in [0.5, 0.6) is 0 Å². The SMILES string of the molecule is Cc1ccc(Cc2c(C(C)C)[nH][nH]c2=O)c(C)c1. The molecule has 1 heterocycles. The molecule has 3 heteroatoms. The number of aromatic nitrogens is 2. The second-order valence-corrected chi connectivity index (χ2v) is 5.23. The Balaban J connectivity index is 2.40. The van der Waals surface area contributed by atoms with Crippen molar-refractivity contribution in [2.45, 2.75) is 40.0 Å². The van der Waals surface area contributed by atoms with Crippen LogP contribution in [0.3, 0.4) is 0 Å². The number of nitrogens with one attached hydrogen (secondary N) is 2. The number of H-pyrrole nitrogens is 2. The number of benzene rings is 1. The van der Waals surface area contributed by atoms with Crippen molar-refractivity contribution in [3.63, 3.8) is 0 Å². The minimum Gasteiger partial charge on any atom is -0.302 e. The molecule has 18 heavy (non-hydrogen) atoms. The third-order valence-electron chi connectivity index (χ3n) is 3.35. The van der Waals surface area contributed by atoms with E-state index in [-0.39, 0.29) is 5.56 Å². The molecule has 0 fully saturated rings. The van der Waals surface area contributed by atoms with Crippen molar-refractivity contribution < 1.29 is 0 Å². The van der Waals surface area contributed by atoms with Crippen molar-refractivity contribution in [2.75, 3.05) is 0 Å². The van der Waals surface area contributed by atoms with Crippen LogP contribution in [-0.2, 0) is 6.42 Å². The van der Waals surface area contributed by atoms with E-state index in [4.69, 9.17) is 0 Å². The maximum absolute atomic E-state index is 11.8. The monoisotopic (exact) mass is 244 g/mol. The molecule has 0 amide bonds. The molecule has 0 spiro atoms. The van der Waals surface area contributed by atoms with Gasteiger partial charge in [0.05, 0.1) is 0 Å². The van der Waals surface area contributed by atoms with Crippen LogP contribution in [-0.4, -0.2) is 10.2 Å². The van der Waals surface area contributed by atoms with E-state index in [0.717, 1.165) is 11.3 Å². The third-order valence-corrected chi connectivity index (χ3v) is 3.35. The summed E-state index contributed by atoms with van der Waals surface area (Å²) in [6.45, 7) is 8.35. The third kappa shape index (κ3) is 2.40. The van der Waals surface area contributed by atoms with Crippen LogP contribution in [0.25, 0.3) is 0 Å². The van der Waals surface area contributed by atoms with Gasteiger partial charge in [-0.2, -0.15) is 0 Å². The molecule has 0 aliphatic rings. The zero-order valence-electron chi connectivity index (χ0n) is 11.4. The highest BCUT2D eigenvalue weighted by molar-refractivity contribution is 5.35. The summed E-state index contributed by atoms with van der Waals surface area (Å²) < 4.78 is 0. The molecule has 3 nitrogen and oxygen atoms in total. The molecule has 0 bridgehead atoms. The van der Waals surface area contributed by atoms with Crippen molar-refractivity contribution in [2.24, 2.45) is 0 Å². The Bertz CT molecular complexity index is 605. The second-order valence-electron chi connectivity index (χ2n) is 5.23. The Hall–Kier alpha value is -1.77. The summed E-state index contributed by atoms with van der Waals surface area (Å²) in [6, 6.07) is 6.37. The van der Waals surface area contributed by atoms with Crippen molar-refractivity contribution in [1.29, 1.82) is 0 Å². The zero-order valence-corrected chi connectivity index (χ0v) is 11.4. The van der Waals surface area contributed by atoms with E-state index in [9.17, 15) is 4.79 Å². The average molecular weight is 244 g/mol. The van der Waals surface area contributed by atoms with Crippen LogP contribution in [0.2, 0.25) is 0 Å². The lowest BCUT2D eigenvalue weighted by Crippen LogP contribution is -2.09. The van der Waals surface area contributed by atoms with E-state index in [0.29, 0.717) is 12.3 Å². The first-order valence-corrected chi connectivity index (χ1v) is 6.34. The van der Waals surface area contributed by atoms with E-state index in [1.54, 1.807) is 0 Å². The van der Waals surface area contributed by atoms with Gasteiger partial charge in [-0.1, -0.05) is 37.6 Å². The Morgan fingerprint density at radius 3 is 2.50 bits per heavy atom. The van der Waals surface area contributed by atoms with Gasteiger partial charge in [0, 0.05) is 17.7 Å². The number of aromatic amines is 2. The topological polar surface area (TPSA) is 48.6 Å². The normalized spacial score (nSPS) is 11.2. The smallest absolute Gasteiger partial charge is 0.267 e. The first-order chi connectivity index (χ1) is 8.49. The summed E-state index contributed by atoms with van der Waals surface area (Å²) >= 11 is 0. The van der Waals surface area contributed by atoms with Gasteiger partial charge in [0.2, 0.25) is 0 Å². The quantitative estimate of drug-likeness (QED) is 0.856. The molecule has 96 valence electrons. The van der Waals surface area contributed by atoms with E-state index in [2.05, 4.69) is 56.1 Å². The average Bonchev–Trinajstić information content (AvgIpc) is 2.64. The minimum absolute atomic E-state index is 0.00123. The summed E-state index contributed by atoms with van der Waals surface area (Å²) in [5.74, 6) is 0.324. The second kappa shape index (κ2) is 4.84. The number of rotatable bonds is 3. The highest BCUT2D eigenvalue weighted by Gasteiger charge is 2.14. The van der Waals surface area contributed by atoms with E-state index >= 15 is 0 Å². The lowest BCUT2D eigenvalue weighted by atomic mass is 9.96. The first kappa shape index (κ1) is 12.7. The van der Waals surface area contributed by atoms with E-state index < -0.39 is 0 Å². The highest BCUT2D eigenvalue weighted by atomic mass is 16.1. The number of hydrogen-bond acceptors (Lipinski definition) is 1. The van der Waals surface area contributed by atoms with Crippen LogP contribution < -0.4 is 5.56 Å². The predicted octanol–water partition coefficient (Wildman–Crippen LogP) is 3.03. The van der Waals surface area contributed by atoms with Gasteiger partial charge in [0.15, 0.2) is 0 Å². The van der Waals surface area contributed by atoms with Gasteiger partial charge in [-0.3, -0.25) is 9.89 Å². The summed E-state index contributed by atoms with van der Waals surface area (Å²) in [5, 5.41) is 5.68. The fourth-order valence-corrected chi connectivity index (χ4v) is 2.30. The molecular weight excluding hydrogens is 224 g/mol. The highest BCUT2D eigenvalue weighted by Crippen LogP contribution is 2.19. The summed E-state index contributed by atoms with van der Waals surface area (Å²) in [5.41, 5.74) is 5.58. The lowest BCUT2D eigenvalue weighted by Gasteiger charge is -2.08. The Morgan fingerprint density at radius 1 is 1.17 bits per heavy atom. The molecule has 2 aromatic rings. The van der Waals surface area contributed by atoms with Gasteiger partial charge in [-0.15, -0.1) is 0 Å². The Morgan fingerprint density at radius 2 is 1.89 bits per heavy atom. The molecule has 2 rings (SSSR count). The first-order valence-electron chi connectivity index (χ1n) is 6.34. The molecule has 0 unspecified atom stereocenters. The van der Waals surface area contributed by atoms with Crippen LogP contribution >= 0.6 is 0 Å². The van der Waals surface area contributed by atoms with Crippen molar-refractivity contribution in [1.82, 2.24) is 10.2 Å². The molecule has 1 aromatic heterocycles. The zero-order chi connectivity index (χ0) is 13.3. The van der Waals surface area contributed by atoms with Crippen LogP contribution in [0.1, 0.15) is 47.7 Å². The summed E-state index contributed by atoms with van der Waals surface area (Å²) in [6.07, 6.45) is 0.693. The molecule has 1 aromatic carbocycles. The predicted molar refractivity (Wildman–Crippen MR) is 74.2 cm³/mol. The molecule has 0 atom stereocenters. The van der Waals surface area contributed by atoms with Gasteiger partial charge in [0.1, 0.15) is 0 Å². The molecule has 0 aliphatic heterocycles.